The Morgan fingerprint density at radius 2 is 1.95 bits per heavy atom. The summed E-state index contributed by atoms with van der Waals surface area (Å²) in [5, 5.41) is 3.34. The molecule has 0 radical (unpaired) electrons. The molecule has 19 heavy (non-hydrogen) atoms. The normalized spacial score (nSPS) is 14.3. The number of thiocarbonyl (C=S) groups is 1. The first-order chi connectivity index (χ1) is 9.19. The second-order valence-corrected chi connectivity index (χ2v) is 4.96. The maximum atomic E-state index is 11.9. The molecule has 0 atom stereocenters. The molecule has 1 amide bonds. The molecule has 1 fully saturated rings. The number of benzene rings is 1. The smallest absolute Gasteiger partial charge is 0.230 e. The van der Waals surface area contributed by atoms with Crippen LogP contribution in [0.5, 0.6) is 5.75 Å². The van der Waals surface area contributed by atoms with Gasteiger partial charge in [0.15, 0.2) is 5.11 Å². The lowest BCUT2D eigenvalue weighted by atomic mass is 10.1. The monoisotopic (exact) mass is 278 g/mol. The van der Waals surface area contributed by atoms with Crippen LogP contribution in [0.1, 0.15) is 18.4 Å². The Bertz CT molecular complexity index is 453. The van der Waals surface area contributed by atoms with Gasteiger partial charge in [0.05, 0.1) is 13.5 Å². The van der Waals surface area contributed by atoms with Crippen molar-refractivity contribution >= 4 is 23.2 Å². The van der Waals surface area contributed by atoms with E-state index >= 15 is 0 Å². The second-order valence-electron chi connectivity index (χ2n) is 4.57. The zero-order valence-corrected chi connectivity index (χ0v) is 11.8. The highest BCUT2D eigenvalue weighted by atomic mass is 32.1. The van der Waals surface area contributed by atoms with E-state index in [2.05, 4.69) is 5.32 Å². The standard InChI is InChI=1S/C14H18N2O2S/c1-18-12-6-4-11(5-7-12)10-13(17)15-14(19)16-8-2-3-9-16/h4-7H,2-3,8-10H2,1H3,(H,15,17,19). The van der Waals surface area contributed by atoms with Crippen LogP contribution in [0.25, 0.3) is 0 Å². The summed E-state index contributed by atoms with van der Waals surface area (Å²) in [6.07, 6.45) is 2.63. The Kier molecular flexibility index (Phi) is 4.74. The lowest BCUT2D eigenvalue weighted by Crippen LogP contribution is -2.41. The molecule has 0 bridgehead atoms. The molecule has 1 heterocycles. The number of ether oxygens (including phenoxy) is 1. The van der Waals surface area contributed by atoms with Crippen molar-refractivity contribution in [2.45, 2.75) is 19.3 Å². The molecule has 0 unspecified atom stereocenters. The molecule has 0 aliphatic carbocycles. The Labute approximate surface area is 118 Å². The molecule has 1 aliphatic heterocycles. The predicted molar refractivity (Wildman–Crippen MR) is 78.2 cm³/mol. The molecule has 0 saturated carbocycles. The number of amides is 1. The third kappa shape index (κ3) is 3.92. The van der Waals surface area contributed by atoms with Crippen LogP contribution in [0.2, 0.25) is 0 Å². The van der Waals surface area contributed by atoms with Crippen LogP contribution in [-0.4, -0.2) is 36.1 Å². The fourth-order valence-electron chi connectivity index (χ4n) is 2.09. The summed E-state index contributed by atoms with van der Waals surface area (Å²) in [6, 6.07) is 7.47. The van der Waals surface area contributed by atoms with Gasteiger partial charge in [0.1, 0.15) is 5.75 Å². The van der Waals surface area contributed by atoms with Gasteiger partial charge < -0.3 is 15.0 Å². The van der Waals surface area contributed by atoms with E-state index in [4.69, 9.17) is 17.0 Å². The molecule has 1 N–H and O–H groups in total. The number of carbonyl (C=O) groups excluding carboxylic acids is 1. The SMILES string of the molecule is COc1ccc(CC(=O)NC(=S)N2CCCC2)cc1. The zero-order valence-electron chi connectivity index (χ0n) is 11.0. The molecule has 5 heteroatoms. The first-order valence-electron chi connectivity index (χ1n) is 6.41. The van der Waals surface area contributed by atoms with Gasteiger partial charge in [0.25, 0.3) is 0 Å². The van der Waals surface area contributed by atoms with Crippen LogP contribution in [-0.2, 0) is 11.2 Å². The fourth-order valence-corrected chi connectivity index (χ4v) is 2.39. The maximum Gasteiger partial charge on any atom is 0.230 e. The largest absolute Gasteiger partial charge is 0.497 e. The zero-order chi connectivity index (χ0) is 13.7. The molecule has 0 aromatic heterocycles. The van der Waals surface area contributed by atoms with Gasteiger partial charge in [-0.15, -0.1) is 0 Å². The number of rotatable bonds is 3. The lowest BCUT2D eigenvalue weighted by molar-refractivity contribution is -0.119. The van der Waals surface area contributed by atoms with E-state index in [0.717, 1.165) is 37.2 Å². The summed E-state index contributed by atoms with van der Waals surface area (Å²) in [5.41, 5.74) is 0.947. The van der Waals surface area contributed by atoms with Gasteiger partial charge in [0.2, 0.25) is 5.91 Å². The van der Waals surface area contributed by atoms with Crippen LogP contribution in [0.3, 0.4) is 0 Å². The summed E-state index contributed by atoms with van der Waals surface area (Å²) < 4.78 is 5.08. The summed E-state index contributed by atoms with van der Waals surface area (Å²) in [5.74, 6) is 0.721. The van der Waals surface area contributed by atoms with Crippen molar-refractivity contribution in [1.29, 1.82) is 0 Å². The Morgan fingerprint density at radius 1 is 1.32 bits per heavy atom. The van der Waals surface area contributed by atoms with Gasteiger partial charge in [-0.2, -0.15) is 0 Å². The molecule has 4 nitrogen and oxygen atoms in total. The van der Waals surface area contributed by atoms with Crippen LogP contribution in [0, 0.1) is 0 Å². The predicted octanol–water partition coefficient (Wildman–Crippen LogP) is 1.73. The summed E-state index contributed by atoms with van der Waals surface area (Å²) in [4.78, 5) is 13.9. The van der Waals surface area contributed by atoms with E-state index in [9.17, 15) is 4.79 Å². The Hall–Kier alpha value is -1.62. The van der Waals surface area contributed by atoms with Gasteiger partial charge in [-0.25, -0.2) is 0 Å². The summed E-state index contributed by atoms with van der Waals surface area (Å²) in [6.45, 7) is 1.89. The third-order valence-corrected chi connectivity index (χ3v) is 3.52. The minimum atomic E-state index is -0.0675. The fraction of sp³-hybridized carbons (Fsp3) is 0.429. The van der Waals surface area contributed by atoms with Gasteiger partial charge in [-0.05, 0) is 42.8 Å². The third-order valence-electron chi connectivity index (χ3n) is 3.16. The van der Waals surface area contributed by atoms with E-state index in [1.54, 1.807) is 7.11 Å². The van der Waals surface area contributed by atoms with E-state index in [-0.39, 0.29) is 5.91 Å². The number of hydrogen-bond acceptors (Lipinski definition) is 3. The van der Waals surface area contributed by atoms with E-state index in [1.807, 2.05) is 29.2 Å². The molecule has 2 rings (SSSR count). The topological polar surface area (TPSA) is 41.6 Å². The van der Waals surface area contributed by atoms with Crippen LogP contribution >= 0.6 is 12.2 Å². The molecule has 1 aliphatic rings. The summed E-state index contributed by atoms with van der Waals surface area (Å²) in [7, 11) is 1.62. The highest BCUT2D eigenvalue weighted by Crippen LogP contribution is 2.12. The molecule has 1 saturated heterocycles. The summed E-state index contributed by atoms with van der Waals surface area (Å²) >= 11 is 5.22. The van der Waals surface area contributed by atoms with Gasteiger partial charge in [0, 0.05) is 13.1 Å². The number of methoxy groups -OCH3 is 1. The first-order valence-corrected chi connectivity index (χ1v) is 6.81. The van der Waals surface area contributed by atoms with Gasteiger partial charge in [-0.3, -0.25) is 4.79 Å². The highest BCUT2D eigenvalue weighted by Gasteiger charge is 2.16. The first kappa shape index (κ1) is 13.8. The highest BCUT2D eigenvalue weighted by molar-refractivity contribution is 7.80. The average Bonchev–Trinajstić information content (AvgIpc) is 2.93. The minimum Gasteiger partial charge on any atom is -0.497 e. The van der Waals surface area contributed by atoms with Crippen LogP contribution in [0.4, 0.5) is 0 Å². The molecule has 0 spiro atoms. The van der Waals surface area contributed by atoms with E-state index < -0.39 is 0 Å². The van der Waals surface area contributed by atoms with Crippen molar-refractivity contribution in [3.05, 3.63) is 29.8 Å². The molecular formula is C14H18N2O2S. The quantitative estimate of drug-likeness (QED) is 0.855. The van der Waals surface area contributed by atoms with E-state index in [1.165, 1.54) is 0 Å². The maximum absolute atomic E-state index is 11.9. The van der Waals surface area contributed by atoms with Crippen molar-refractivity contribution in [2.24, 2.45) is 0 Å². The van der Waals surface area contributed by atoms with Crippen molar-refractivity contribution < 1.29 is 9.53 Å². The van der Waals surface area contributed by atoms with Crippen LogP contribution < -0.4 is 10.1 Å². The molecule has 102 valence electrons. The number of carbonyl (C=O) groups is 1. The Balaban J connectivity index is 1.84. The lowest BCUT2D eigenvalue weighted by Gasteiger charge is -2.18. The minimum absolute atomic E-state index is 0.0675. The van der Waals surface area contributed by atoms with Crippen molar-refractivity contribution in [3.8, 4) is 5.75 Å². The number of hydrogen-bond donors (Lipinski definition) is 1. The average molecular weight is 278 g/mol. The molecular weight excluding hydrogens is 260 g/mol. The number of likely N-dealkylation sites (tertiary alicyclic amines) is 1. The molecule has 1 aromatic carbocycles. The Morgan fingerprint density at radius 3 is 2.53 bits per heavy atom. The van der Waals surface area contributed by atoms with Crippen molar-refractivity contribution in [1.82, 2.24) is 10.2 Å². The van der Waals surface area contributed by atoms with Gasteiger partial charge >= 0.3 is 0 Å². The van der Waals surface area contributed by atoms with Crippen molar-refractivity contribution in [2.75, 3.05) is 20.2 Å². The second kappa shape index (κ2) is 6.52. The number of nitrogens with one attached hydrogen (secondary N) is 1. The molecule has 1 aromatic rings. The van der Waals surface area contributed by atoms with Crippen molar-refractivity contribution in [3.63, 3.8) is 0 Å². The van der Waals surface area contributed by atoms with Gasteiger partial charge in [-0.1, -0.05) is 12.1 Å². The number of nitrogens with zero attached hydrogens (tertiary/aromatic N) is 1. The van der Waals surface area contributed by atoms with E-state index in [0.29, 0.717) is 11.5 Å². The van der Waals surface area contributed by atoms with Crippen LogP contribution in [0.15, 0.2) is 24.3 Å².